The van der Waals surface area contributed by atoms with E-state index in [0.29, 0.717) is 17.9 Å². The average molecular weight is 293 g/mol. The van der Waals surface area contributed by atoms with E-state index in [1.165, 1.54) is 6.26 Å². The van der Waals surface area contributed by atoms with Gasteiger partial charge in [-0.1, -0.05) is 5.16 Å². The summed E-state index contributed by atoms with van der Waals surface area (Å²) < 4.78 is 10.3. The largest absolute Gasteiger partial charge is 0.481 e. The first-order chi connectivity index (χ1) is 10.1. The Balaban J connectivity index is 1.84. The van der Waals surface area contributed by atoms with Gasteiger partial charge in [-0.25, -0.2) is 4.79 Å². The van der Waals surface area contributed by atoms with Gasteiger partial charge in [0.15, 0.2) is 11.6 Å². The SMILES string of the molecule is Cc1occc1-c1cc(NC(=O)NCCCC(=O)O)no1. The Kier molecular flexibility index (Phi) is 4.60. The number of nitrogens with one attached hydrogen (secondary N) is 2. The molecule has 0 unspecified atom stereocenters. The molecule has 0 aromatic carbocycles. The molecule has 8 heteroatoms. The van der Waals surface area contributed by atoms with Crippen molar-refractivity contribution in [2.45, 2.75) is 19.8 Å². The van der Waals surface area contributed by atoms with E-state index in [1.54, 1.807) is 19.1 Å². The van der Waals surface area contributed by atoms with Crippen LogP contribution in [0.4, 0.5) is 10.6 Å². The highest BCUT2D eigenvalue weighted by atomic mass is 16.5. The molecule has 2 aromatic rings. The summed E-state index contributed by atoms with van der Waals surface area (Å²) in [5.74, 6) is 0.549. The number of amides is 2. The summed E-state index contributed by atoms with van der Waals surface area (Å²) in [5.41, 5.74) is 0.761. The second-order valence-electron chi connectivity index (χ2n) is 4.35. The molecule has 8 nitrogen and oxygen atoms in total. The second-order valence-corrected chi connectivity index (χ2v) is 4.35. The van der Waals surface area contributed by atoms with Crippen molar-refractivity contribution < 1.29 is 23.6 Å². The standard InChI is InChI=1S/C13H15N3O5/c1-8-9(4-6-20-8)10-7-11(16-21-10)15-13(19)14-5-2-3-12(17)18/h4,6-7H,2-3,5H2,1H3,(H,17,18)(H2,14,15,16,19). The first kappa shape index (κ1) is 14.6. The maximum absolute atomic E-state index is 11.6. The quantitative estimate of drug-likeness (QED) is 0.703. The Hall–Kier alpha value is -2.77. The van der Waals surface area contributed by atoms with Gasteiger partial charge in [0.25, 0.3) is 0 Å². The molecule has 2 rings (SSSR count). The van der Waals surface area contributed by atoms with Crippen LogP contribution in [0.3, 0.4) is 0 Å². The van der Waals surface area contributed by atoms with Crippen molar-refractivity contribution >= 4 is 17.8 Å². The fourth-order valence-electron chi connectivity index (χ4n) is 1.70. The molecule has 0 aliphatic carbocycles. The maximum Gasteiger partial charge on any atom is 0.320 e. The normalized spacial score (nSPS) is 10.3. The number of urea groups is 1. The second kappa shape index (κ2) is 6.60. The molecule has 2 amide bonds. The highest BCUT2D eigenvalue weighted by molar-refractivity contribution is 5.88. The highest BCUT2D eigenvalue weighted by Crippen LogP contribution is 2.26. The van der Waals surface area contributed by atoms with Gasteiger partial charge in [-0.15, -0.1) is 0 Å². The molecule has 0 fully saturated rings. The molecule has 0 saturated heterocycles. The Morgan fingerprint density at radius 3 is 2.90 bits per heavy atom. The smallest absolute Gasteiger partial charge is 0.320 e. The number of aromatic nitrogens is 1. The zero-order chi connectivity index (χ0) is 15.2. The zero-order valence-electron chi connectivity index (χ0n) is 11.4. The number of rotatable bonds is 6. The fraction of sp³-hybridized carbons (Fsp3) is 0.308. The van der Waals surface area contributed by atoms with Crippen LogP contribution in [0.1, 0.15) is 18.6 Å². The van der Waals surface area contributed by atoms with Gasteiger partial charge >= 0.3 is 12.0 Å². The van der Waals surface area contributed by atoms with E-state index in [-0.39, 0.29) is 18.8 Å². The summed E-state index contributed by atoms with van der Waals surface area (Å²) in [6.45, 7) is 2.06. The van der Waals surface area contributed by atoms with Crippen LogP contribution in [0.25, 0.3) is 11.3 Å². The van der Waals surface area contributed by atoms with E-state index < -0.39 is 12.0 Å². The molecule has 2 heterocycles. The Bertz CT molecular complexity index is 631. The summed E-state index contributed by atoms with van der Waals surface area (Å²) in [5, 5.41) is 17.2. The lowest BCUT2D eigenvalue weighted by Crippen LogP contribution is -2.29. The molecule has 0 aliphatic heterocycles. The monoisotopic (exact) mass is 293 g/mol. The highest BCUT2D eigenvalue weighted by Gasteiger charge is 2.12. The van der Waals surface area contributed by atoms with Crippen LogP contribution in [0.2, 0.25) is 0 Å². The third-order valence-electron chi connectivity index (χ3n) is 2.73. The minimum atomic E-state index is -0.895. The number of hydrogen-bond acceptors (Lipinski definition) is 5. The van der Waals surface area contributed by atoms with E-state index in [9.17, 15) is 9.59 Å². The Labute approximate surface area is 120 Å². The molecule has 0 bridgehead atoms. The van der Waals surface area contributed by atoms with Crippen molar-refractivity contribution in [2.75, 3.05) is 11.9 Å². The molecule has 0 aliphatic rings. The molecule has 0 spiro atoms. The van der Waals surface area contributed by atoms with Gasteiger partial charge in [0.2, 0.25) is 0 Å². The number of hydrogen-bond donors (Lipinski definition) is 3. The van der Waals surface area contributed by atoms with Crippen LogP contribution in [0.15, 0.2) is 27.3 Å². The number of carbonyl (C=O) groups is 2. The lowest BCUT2D eigenvalue weighted by Gasteiger charge is -2.03. The number of furan rings is 1. The van der Waals surface area contributed by atoms with Crippen molar-refractivity contribution in [3.05, 3.63) is 24.2 Å². The van der Waals surface area contributed by atoms with Crippen LogP contribution in [-0.4, -0.2) is 28.8 Å². The molecule has 2 aromatic heterocycles. The molecule has 0 saturated carbocycles. The molecular formula is C13H15N3O5. The van der Waals surface area contributed by atoms with Crippen molar-refractivity contribution in [1.29, 1.82) is 0 Å². The lowest BCUT2D eigenvalue weighted by atomic mass is 10.2. The van der Waals surface area contributed by atoms with E-state index in [1.807, 2.05) is 0 Å². The number of anilines is 1. The number of carboxylic acids is 1. The topological polar surface area (TPSA) is 118 Å². The van der Waals surface area contributed by atoms with Crippen molar-refractivity contribution in [3.8, 4) is 11.3 Å². The van der Waals surface area contributed by atoms with Crippen LogP contribution in [0.5, 0.6) is 0 Å². The van der Waals surface area contributed by atoms with Crippen LogP contribution >= 0.6 is 0 Å². The molecular weight excluding hydrogens is 278 g/mol. The summed E-state index contributed by atoms with van der Waals surface area (Å²) in [6.07, 6.45) is 1.91. The fourth-order valence-corrected chi connectivity index (χ4v) is 1.70. The van der Waals surface area contributed by atoms with Crippen molar-refractivity contribution in [3.63, 3.8) is 0 Å². The van der Waals surface area contributed by atoms with Gasteiger partial charge < -0.3 is 19.4 Å². The molecule has 112 valence electrons. The third kappa shape index (κ3) is 4.10. The third-order valence-corrected chi connectivity index (χ3v) is 2.73. The minimum Gasteiger partial charge on any atom is -0.481 e. The molecule has 3 N–H and O–H groups in total. The van der Waals surface area contributed by atoms with Gasteiger partial charge in [0, 0.05) is 19.0 Å². The van der Waals surface area contributed by atoms with Crippen molar-refractivity contribution in [1.82, 2.24) is 10.5 Å². The summed E-state index contributed by atoms with van der Waals surface area (Å²) in [6, 6.07) is 2.85. The van der Waals surface area contributed by atoms with Crippen LogP contribution < -0.4 is 10.6 Å². The number of carbonyl (C=O) groups excluding carboxylic acids is 1. The Morgan fingerprint density at radius 1 is 1.43 bits per heavy atom. The van der Waals surface area contributed by atoms with E-state index >= 15 is 0 Å². The number of aliphatic carboxylic acids is 1. The molecule has 21 heavy (non-hydrogen) atoms. The summed E-state index contributed by atoms with van der Waals surface area (Å²) >= 11 is 0. The summed E-state index contributed by atoms with van der Waals surface area (Å²) in [7, 11) is 0. The van der Waals surface area contributed by atoms with Crippen molar-refractivity contribution in [2.24, 2.45) is 0 Å². The zero-order valence-corrected chi connectivity index (χ0v) is 11.4. The number of aryl methyl sites for hydroxylation is 1. The molecule has 0 radical (unpaired) electrons. The maximum atomic E-state index is 11.6. The van der Waals surface area contributed by atoms with Crippen LogP contribution in [0, 0.1) is 6.92 Å². The van der Waals surface area contributed by atoms with E-state index in [2.05, 4.69) is 15.8 Å². The predicted octanol–water partition coefficient (Wildman–Crippen LogP) is 2.23. The number of carboxylic acid groups (broad SMARTS) is 1. The molecule has 0 atom stereocenters. The minimum absolute atomic E-state index is 0.00809. The van der Waals surface area contributed by atoms with Gasteiger partial charge in [-0.05, 0) is 19.4 Å². The van der Waals surface area contributed by atoms with Gasteiger partial charge in [0.1, 0.15) is 5.76 Å². The van der Waals surface area contributed by atoms with E-state index in [4.69, 9.17) is 14.0 Å². The lowest BCUT2D eigenvalue weighted by molar-refractivity contribution is -0.137. The Morgan fingerprint density at radius 2 is 2.24 bits per heavy atom. The van der Waals surface area contributed by atoms with E-state index in [0.717, 1.165) is 5.56 Å². The summed E-state index contributed by atoms with van der Waals surface area (Å²) in [4.78, 5) is 21.9. The van der Waals surface area contributed by atoms with Gasteiger partial charge in [-0.3, -0.25) is 10.1 Å². The number of nitrogens with zero attached hydrogens (tertiary/aromatic N) is 1. The van der Waals surface area contributed by atoms with Gasteiger partial charge in [-0.2, -0.15) is 0 Å². The first-order valence-electron chi connectivity index (χ1n) is 6.34. The average Bonchev–Trinajstić information content (AvgIpc) is 3.03. The van der Waals surface area contributed by atoms with Crippen LogP contribution in [-0.2, 0) is 4.79 Å². The first-order valence-corrected chi connectivity index (χ1v) is 6.34. The predicted molar refractivity (Wildman–Crippen MR) is 72.8 cm³/mol. The van der Waals surface area contributed by atoms with Gasteiger partial charge in [0.05, 0.1) is 11.8 Å².